The predicted molar refractivity (Wildman–Crippen MR) is 126 cm³/mol. The Kier molecular flexibility index (Phi) is 6.13. The van der Waals surface area contributed by atoms with Gasteiger partial charge in [0.15, 0.2) is 11.5 Å². The molecule has 4 rings (SSSR count). The van der Waals surface area contributed by atoms with E-state index in [4.69, 9.17) is 9.47 Å². The number of para-hydroxylation sites is 2. The molecule has 1 unspecified atom stereocenters. The molecule has 166 valence electrons. The smallest absolute Gasteiger partial charge is 0.270 e. The lowest BCUT2D eigenvalue weighted by Gasteiger charge is -2.22. The van der Waals surface area contributed by atoms with Gasteiger partial charge < -0.3 is 19.8 Å². The molecule has 0 bridgehead atoms. The van der Waals surface area contributed by atoms with Crippen LogP contribution in [0.5, 0.6) is 11.5 Å². The Bertz CT molecular complexity index is 1360. The Hall–Kier alpha value is -4.51. The van der Waals surface area contributed by atoms with Crippen LogP contribution in [0.3, 0.4) is 0 Å². The SMILES string of the molecule is COc1cccc(C(CNc2ccc([N+](=O)[O-])cc2C#N)c2c[nH]c3ccccc23)c1OC. The molecule has 0 radical (unpaired) electrons. The minimum Gasteiger partial charge on any atom is -0.493 e. The third-order valence-corrected chi connectivity index (χ3v) is 5.64. The highest BCUT2D eigenvalue weighted by atomic mass is 16.6. The van der Waals surface area contributed by atoms with Crippen molar-refractivity contribution in [2.75, 3.05) is 26.1 Å². The average Bonchev–Trinajstić information content (AvgIpc) is 3.27. The van der Waals surface area contributed by atoms with Crippen LogP contribution < -0.4 is 14.8 Å². The second-order valence-corrected chi connectivity index (χ2v) is 7.40. The monoisotopic (exact) mass is 442 g/mol. The Morgan fingerprint density at radius 2 is 1.91 bits per heavy atom. The van der Waals surface area contributed by atoms with Crippen LogP contribution in [0.15, 0.2) is 66.9 Å². The fourth-order valence-electron chi connectivity index (χ4n) is 4.06. The molecule has 3 aromatic carbocycles. The molecule has 4 aromatic rings. The number of benzene rings is 3. The summed E-state index contributed by atoms with van der Waals surface area (Å²) in [5, 5.41) is 25.0. The molecule has 0 saturated heterocycles. The second kappa shape index (κ2) is 9.32. The maximum absolute atomic E-state index is 11.1. The quantitative estimate of drug-likeness (QED) is 0.286. The van der Waals surface area contributed by atoms with Crippen LogP contribution in [0.4, 0.5) is 11.4 Å². The number of H-pyrrole nitrogens is 1. The van der Waals surface area contributed by atoms with E-state index in [2.05, 4.69) is 10.3 Å². The number of non-ortho nitro benzene ring substituents is 1. The Morgan fingerprint density at radius 1 is 1.09 bits per heavy atom. The van der Waals surface area contributed by atoms with Gasteiger partial charge >= 0.3 is 0 Å². The van der Waals surface area contributed by atoms with Crippen molar-refractivity contribution in [2.45, 2.75) is 5.92 Å². The number of aromatic amines is 1. The van der Waals surface area contributed by atoms with Gasteiger partial charge in [-0.3, -0.25) is 10.1 Å². The van der Waals surface area contributed by atoms with Gasteiger partial charge in [0.1, 0.15) is 6.07 Å². The van der Waals surface area contributed by atoms with E-state index in [1.165, 1.54) is 12.1 Å². The van der Waals surface area contributed by atoms with E-state index in [0.29, 0.717) is 23.7 Å². The molecule has 2 N–H and O–H groups in total. The highest BCUT2D eigenvalue weighted by Crippen LogP contribution is 2.40. The standard InChI is InChI=1S/C25H22N4O4/c1-32-24-9-5-7-19(25(24)33-2)21(20-14-28-23-8-4-3-6-18(20)23)15-27-22-11-10-17(29(30)31)12-16(22)13-26/h3-12,14,21,27-28H,15H2,1-2H3. The van der Waals surface area contributed by atoms with Gasteiger partial charge in [0, 0.05) is 47.3 Å². The zero-order valence-electron chi connectivity index (χ0n) is 18.2. The third-order valence-electron chi connectivity index (χ3n) is 5.64. The highest BCUT2D eigenvalue weighted by molar-refractivity contribution is 5.84. The van der Waals surface area contributed by atoms with Crippen LogP contribution in [0, 0.1) is 21.4 Å². The normalized spacial score (nSPS) is 11.5. The summed E-state index contributed by atoms with van der Waals surface area (Å²) in [6, 6.07) is 20.0. The first kappa shape index (κ1) is 21.7. The third kappa shape index (κ3) is 4.16. The highest BCUT2D eigenvalue weighted by Gasteiger charge is 2.24. The van der Waals surface area contributed by atoms with Gasteiger partial charge in [-0.15, -0.1) is 0 Å². The van der Waals surface area contributed by atoms with Crippen LogP contribution in [0.2, 0.25) is 0 Å². The summed E-state index contributed by atoms with van der Waals surface area (Å²) in [7, 11) is 3.20. The lowest BCUT2D eigenvalue weighted by molar-refractivity contribution is -0.384. The number of aromatic nitrogens is 1. The summed E-state index contributed by atoms with van der Waals surface area (Å²) in [5.74, 6) is 1.07. The molecule has 0 aliphatic carbocycles. The molecule has 1 aromatic heterocycles. The topological polar surface area (TPSA) is 113 Å². The van der Waals surface area contributed by atoms with Crippen LogP contribution in [-0.2, 0) is 0 Å². The number of nitriles is 1. The fraction of sp³-hybridized carbons (Fsp3) is 0.160. The first-order valence-electron chi connectivity index (χ1n) is 10.3. The van der Waals surface area contributed by atoms with Gasteiger partial charge in [0.2, 0.25) is 0 Å². The van der Waals surface area contributed by atoms with E-state index < -0.39 is 4.92 Å². The number of nitrogens with one attached hydrogen (secondary N) is 2. The Balaban J connectivity index is 1.79. The van der Waals surface area contributed by atoms with E-state index >= 15 is 0 Å². The summed E-state index contributed by atoms with van der Waals surface area (Å²) in [5.41, 5.74) is 3.57. The number of rotatable bonds is 8. The van der Waals surface area contributed by atoms with Crippen molar-refractivity contribution in [1.29, 1.82) is 5.26 Å². The number of nitro benzene ring substituents is 1. The van der Waals surface area contributed by atoms with Gasteiger partial charge in [-0.1, -0.05) is 30.3 Å². The zero-order chi connectivity index (χ0) is 23.4. The van der Waals surface area contributed by atoms with E-state index in [1.54, 1.807) is 20.3 Å². The summed E-state index contributed by atoms with van der Waals surface area (Å²) in [6.45, 7) is 0.415. The summed E-state index contributed by atoms with van der Waals surface area (Å²) < 4.78 is 11.2. The Labute approximate surface area is 190 Å². The molecular weight excluding hydrogens is 420 g/mol. The van der Waals surface area contributed by atoms with Crippen molar-refractivity contribution >= 4 is 22.3 Å². The van der Waals surface area contributed by atoms with Gasteiger partial charge in [-0.2, -0.15) is 5.26 Å². The average molecular weight is 442 g/mol. The lowest BCUT2D eigenvalue weighted by atomic mass is 9.89. The van der Waals surface area contributed by atoms with E-state index in [0.717, 1.165) is 22.0 Å². The van der Waals surface area contributed by atoms with Crippen molar-refractivity contribution in [3.8, 4) is 17.6 Å². The number of anilines is 1. The summed E-state index contributed by atoms with van der Waals surface area (Å²) >= 11 is 0. The van der Waals surface area contributed by atoms with Crippen molar-refractivity contribution in [2.24, 2.45) is 0 Å². The lowest BCUT2D eigenvalue weighted by Crippen LogP contribution is -2.16. The molecule has 0 saturated carbocycles. The number of nitro groups is 1. The molecule has 1 atom stereocenters. The number of methoxy groups -OCH3 is 2. The van der Waals surface area contributed by atoms with Gasteiger partial charge in [0.05, 0.1) is 30.4 Å². The maximum Gasteiger partial charge on any atom is 0.270 e. The molecule has 0 amide bonds. The van der Waals surface area contributed by atoms with Crippen LogP contribution in [0.1, 0.15) is 22.6 Å². The van der Waals surface area contributed by atoms with Crippen molar-refractivity contribution in [3.63, 3.8) is 0 Å². The fourth-order valence-corrected chi connectivity index (χ4v) is 4.06. The molecule has 8 heteroatoms. The van der Waals surface area contributed by atoms with Crippen LogP contribution in [0.25, 0.3) is 10.9 Å². The molecule has 0 aliphatic heterocycles. The van der Waals surface area contributed by atoms with Gasteiger partial charge in [0.25, 0.3) is 5.69 Å². The first-order valence-corrected chi connectivity index (χ1v) is 10.3. The van der Waals surface area contributed by atoms with Crippen molar-refractivity contribution in [1.82, 2.24) is 4.98 Å². The number of hydrogen-bond donors (Lipinski definition) is 2. The Morgan fingerprint density at radius 3 is 2.64 bits per heavy atom. The van der Waals surface area contributed by atoms with E-state index in [9.17, 15) is 15.4 Å². The molecule has 1 heterocycles. The van der Waals surface area contributed by atoms with E-state index in [1.807, 2.05) is 54.7 Å². The second-order valence-electron chi connectivity index (χ2n) is 7.40. The molecular formula is C25H22N4O4. The van der Waals surface area contributed by atoms with Crippen molar-refractivity contribution in [3.05, 3.63) is 93.7 Å². The molecule has 33 heavy (non-hydrogen) atoms. The van der Waals surface area contributed by atoms with Gasteiger partial charge in [-0.25, -0.2) is 0 Å². The van der Waals surface area contributed by atoms with E-state index in [-0.39, 0.29) is 17.2 Å². The number of ether oxygens (including phenoxy) is 2. The maximum atomic E-state index is 11.1. The number of fused-ring (bicyclic) bond motifs is 1. The van der Waals surface area contributed by atoms with Gasteiger partial charge in [-0.05, 0) is 23.8 Å². The minimum absolute atomic E-state index is 0.125. The van der Waals surface area contributed by atoms with Crippen LogP contribution >= 0.6 is 0 Å². The number of hydrogen-bond acceptors (Lipinski definition) is 6. The van der Waals surface area contributed by atoms with Crippen LogP contribution in [-0.4, -0.2) is 30.7 Å². The minimum atomic E-state index is -0.513. The summed E-state index contributed by atoms with van der Waals surface area (Å²) in [6.07, 6.45) is 1.97. The molecule has 8 nitrogen and oxygen atoms in total. The molecule has 0 aliphatic rings. The zero-order valence-corrected chi connectivity index (χ0v) is 18.2. The number of nitrogens with zero attached hydrogens (tertiary/aromatic N) is 2. The molecule has 0 spiro atoms. The molecule has 0 fully saturated rings. The van der Waals surface area contributed by atoms with Crippen molar-refractivity contribution < 1.29 is 14.4 Å². The summed E-state index contributed by atoms with van der Waals surface area (Å²) in [4.78, 5) is 13.9. The first-order chi connectivity index (χ1) is 16.1. The predicted octanol–water partition coefficient (Wildman–Crippen LogP) is 5.21. The largest absolute Gasteiger partial charge is 0.493 e.